The highest BCUT2D eigenvalue weighted by molar-refractivity contribution is 4.78. The predicted octanol–water partition coefficient (Wildman–Crippen LogP) is 2.00. The highest BCUT2D eigenvalue weighted by Gasteiger charge is 2.18. The molecule has 3 heteroatoms. The second-order valence-corrected chi connectivity index (χ2v) is 6.35. The van der Waals surface area contributed by atoms with Gasteiger partial charge in [-0.15, -0.1) is 0 Å². The molecule has 1 aliphatic rings. The SMILES string of the molecule is CC(CCCC(C)(C)O)NC1CCN(C)CC1. The Morgan fingerprint density at radius 1 is 1.35 bits per heavy atom. The second-order valence-electron chi connectivity index (χ2n) is 6.35. The van der Waals surface area contributed by atoms with E-state index in [9.17, 15) is 5.11 Å². The van der Waals surface area contributed by atoms with Crippen molar-refractivity contribution in [3.8, 4) is 0 Å². The van der Waals surface area contributed by atoms with Gasteiger partial charge in [-0.1, -0.05) is 0 Å². The first kappa shape index (κ1) is 14.9. The first-order chi connectivity index (χ1) is 7.87. The molecule has 1 atom stereocenters. The molecule has 0 aromatic heterocycles. The predicted molar refractivity (Wildman–Crippen MR) is 73.3 cm³/mol. The molecular formula is C14H30N2O. The van der Waals surface area contributed by atoms with Gasteiger partial charge in [0.05, 0.1) is 5.60 Å². The first-order valence-corrected chi connectivity index (χ1v) is 7.04. The normalized spacial score (nSPS) is 21.7. The van der Waals surface area contributed by atoms with Gasteiger partial charge in [0.15, 0.2) is 0 Å². The molecule has 0 spiro atoms. The molecular weight excluding hydrogens is 212 g/mol. The van der Waals surface area contributed by atoms with Crippen LogP contribution in [0.3, 0.4) is 0 Å². The Morgan fingerprint density at radius 3 is 2.47 bits per heavy atom. The lowest BCUT2D eigenvalue weighted by Crippen LogP contribution is -2.44. The Morgan fingerprint density at radius 2 is 1.94 bits per heavy atom. The molecule has 1 heterocycles. The van der Waals surface area contributed by atoms with Crippen LogP contribution in [0.4, 0.5) is 0 Å². The van der Waals surface area contributed by atoms with Gasteiger partial charge >= 0.3 is 0 Å². The maximum atomic E-state index is 9.66. The van der Waals surface area contributed by atoms with Crippen LogP contribution in [0.15, 0.2) is 0 Å². The quantitative estimate of drug-likeness (QED) is 0.748. The number of likely N-dealkylation sites (tertiary alicyclic amines) is 1. The average molecular weight is 242 g/mol. The summed E-state index contributed by atoms with van der Waals surface area (Å²) in [6, 6.07) is 1.27. The second kappa shape index (κ2) is 6.72. The fourth-order valence-electron chi connectivity index (χ4n) is 2.50. The zero-order valence-electron chi connectivity index (χ0n) is 12.0. The summed E-state index contributed by atoms with van der Waals surface area (Å²) in [5.41, 5.74) is -0.507. The molecule has 1 saturated heterocycles. The molecule has 0 aromatic carbocycles. The van der Waals surface area contributed by atoms with Crippen LogP contribution in [0.5, 0.6) is 0 Å². The molecule has 102 valence electrons. The molecule has 17 heavy (non-hydrogen) atoms. The summed E-state index contributed by atoms with van der Waals surface area (Å²) in [4.78, 5) is 2.40. The van der Waals surface area contributed by atoms with Crippen molar-refractivity contribution in [2.75, 3.05) is 20.1 Å². The molecule has 2 N–H and O–H groups in total. The number of piperidine rings is 1. The Balaban J connectivity index is 2.10. The van der Waals surface area contributed by atoms with Crippen molar-refractivity contribution in [1.82, 2.24) is 10.2 Å². The monoisotopic (exact) mass is 242 g/mol. The van der Waals surface area contributed by atoms with Crippen LogP contribution in [-0.4, -0.2) is 47.8 Å². The van der Waals surface area contributed by atoms with Crippen molar-refractivity contribution >= 4 is 0 Å². The topological polar surface area (TPSA) is 35.5 Å². The van der Waals surface area contributed by atoms with Gasteiger partial charge in [0, 0.05) is 12.1 Å². The highest BCUT2D eigenvalue weighted by atomic mass is 16.3. The summed E-state index contributed by atoms with van der Waals surface area (Å²) in [5, 5.41) is 13.4. The molecule has 0 saturated carbocycles. The van der Waals surface area contributed by atoms with Crippen molar-refractivity contribution < 1.29 is 5.11 Å². The zero-order valence-corrected chi connectivity index (χ0v) is 12.0. The van der Waals surface area contributed by atoms with Crippen LogP contribution in [0.25, 0.3) is 0 Å². The van der Waals surface area contributed by atoms with Crippen molar-refractivity contribution in [3.63, 3.8) is 0 Å². The lowest BCUT2D eigenvalue weighted by atomic mass is 9.98. The van der Waals surface area contributed by atoms with Gasteiger partial charge in [0.25, 0.3) is 0 Å². The smallest absolute Gasteiger partial charge is 0.0591 e. The maximum absolute atomic E-state index is 9.66. The van der Waals surface area contributed by atoms with Gasteiger partial charge in [-0.05, 0) is 73.0 Å². The van der Waals surface area contributed by atoms with Gasteiger partial charge in [-0.25, -0.2) is 0 Å². The Hall–Kier alpha value is -0.120. The lowest BCUT2D eigenvalue weighted by Gasteiger charge is -2.31. The minimum atomic E-state index is -0.507. The molecule has 0 bridgehead atoms. The zero-order chi connectivity index (χ0) is 12.9. The molecule has 1 aliphatic heterocycles. The van der Waals surface area contributed by atoms with Gasteiger partial charge in [-0.3, -0.25) is 0 Å². The molecule has 0 radical (unpaired) electrons. The van der Waals surface area contributed by atoms with E-state index in [-0.39, 0.29) is 0 Å². The van der Waals surface area contributed by atoms with Crippen LogP contribution in [0, 0.1) is 0 Å². The van der Waals surface area contributed by atoms with Crippen molar-refractivity contribution in [3.05, 3.63) is 0 Å². The summed E-state index contributed by atoms with van der Waals surface area (Å²) in [6.45, 7) is 8.48. The Bertz CT molecular complexity index is 205. The van der Waals surface area contributed by atoms with E-state index < -0.39 is 5.60 Å². The van der Waals surface area contributed by atoms with E-state index >= 15 is 0 Å². The third-order valence-corrected chi connectivity index (χ3v) is 3.66. The number of rotatable bonds is 6. The standard InChI is InChI=1S/C14H30N2O/c1-12(6-5-9-14(2,3)17)15-13-7-10-16(4)11-8-13/h12-13,15,17H,5-11H2,1-4H3. The van der Waals surface area contributed by atoms with E-state index in [2.05, 4.69) is 24.2 Å². The fourth-order valence-corrected chi connectivity index (χ4v) is 2.50. The number of aliphatic hydroxyl groups is 1. The van der Waals surface area contributed by atoms with Crippen LogP contribution < -0.4 is 5.32 Å². The molecule has 0 amide bonds. The molecule has 0 aromatic rings. The van der Waals surface area contributed by atoms with E-state index in [1.807, 2.05) is 13.8 Å². The van der Waals surface area contributed by atoms with E-state index in [1.165, 1.54) is 25.9 Å². The summed E-state index contributed by atoms with van der Waals surface area (Å²) in [6.07, 6.45) is 5.70. The van der Waals surface area contributed by atoms with Gasteiger partial charge in [-0.2, -0.15) is 0 Å². The Kier molecular flexibility index (Phi) is 5.90. The average Bonchev–Trinajstić information content (AvgIpc) is 2.19. The summed E-state index contributed by atoms with van der Waals surface area (Å²) in [5.74, 6) is 0. The third-order valence-electron chi connectivity index (χ3n) is 3.66. The van der Waals surface area contributed by atoms with E-state index in [0.717, 1.165) is 19.3 Å². The molecule has 1 fully saturated rings. The van der Waals surface area contributed by atoms with Gasteiger partial charge in [0.2, 0.25) is 0 Å². The first-order valence-electron chi connectivity index (χ1n) is 7.04. The van der Waals surface area contributed by atoms with Crippen LogP contribution in [0.1, 0.15) is 52.9 Å². The van der Waals surface area contributed by atoms with E-state index in [0.29, 0.717) is 12.1 Å². The van der Waals surface area contributed by atoms with Crippen molar-refractivity contribution in [2.24, 2.45) is 0 Å². The number of hydrogen-bond acceptors (Lipinski definition) is 3. The largest absolute Gasteiger partial charge is 0.390 e. The number of hydrogen-bond donors (Lipinski definition) is 2. The highest BCUT2D eigenvalue weighted by Crippen LogP contribution is 2.15. The number of nitrogens with one attached hydrogen (secondary N) is 1. The molecule has 3 nitrogen and oxygen atoms in total. The van der Waals surface area contributed by atoms with Crippen molar-refractivity contribution in [1.29, 1.82) is 0 Å². The summed E-state index contributed by atoms with van der Waals surface area (Å²) < 4.78 is 0. The van der Waals surface area contributed by atoms with Gasteiger partial charge < -0.3 is 15.3 Å². The number of nitrogens with zero attached hydrogens (tertiary/aromatic N) is 1. The van der Waals surface area contributed by atoms with Crippen molar-refractivity contribution in [2.45, 2.75) is 70.6 Å². The van der Waals surface area contributed by atoms with E-state index in [4.69, 9.17) is 0 Å². The minimum absolute atomic E-state index is 0.507. The van der Waals surface area contributed by atoms with E-state index in [1.54, 1.807) is 0 Å². The molecule has 1 unspecified atom stereocenters. The third kappa shape index (κ3) is 7.02. The Labute approximate surface area is 107 Å². The minimum Gasteiger partial charge on any atom is -0.390 e. The summed E-state index contributed by atoms with van der Waals surface area (Å²) >= 11 is 0. The summed E-state index contributed by atoms with van der Waals surface area (Å²) in [7, 11) is 2.20. The van der Waals surface area contributed by atoms with Crippen LogP contribution >= 0.6 is 0 Å². The van der Waals surface area contributed by atoms with Crippen LogP contribution in [0.2, 0.25) is 0 Å². The fraction of sp³-hybridized carbons (Fsp3) is 1.00. The molecule has 1 rings (SSSR count). The van der Waals surface area contributed by atoms with Crippen LogP contribution in [-0.2, 0) is 0 Å². The molecule has 0 aliphatic carbocycles. The lowest BCUT2D eigenvalue weighted by molar-refractivity contribution is 0.0673. The van der Waals surface area contributed by atoms with Gasteiger partial charge in [0.1, 0.15) is 0 Å². The maximum Gasteiger partial charge on any atom is 0.0591 e.